The molecule has 0 fully saturated rings. The number of nitrogens with one attached hydrogen (secondary N) is 2. The maximum Gasteiger partial charge on any atom is 0.240 e. The smallest absolute Gasteiger partial charge is 0.240 e. The van der Waals surface area contributed by atoms with E-state index in [9.17, 15) is 13.2 Å². The Morgan fingerprint density at radius 2 is 1.93 bits per heavy atom. The first-order valence-electron chi connectivity index (χ1n) is 9.09. The normalized spacial score (nSPS) is 13.6. The summed E-state index contributed by atoms with van der Waals surface area (Å²) in [4.78, 5) is 16.0. The van der Waals surface area contributed by atoms with Gasteiger partial charge in [0.05, 0.1) is 18.1 Å². The number of rotatable bonds is 8. The fourth-order valence-corrected chi connectivity index (χ4v) is 3.72. The van der Waals surface area contributed by atoms with E-state index in [1.807, 2.05) is 12.1 Å². The van der Waals surface area contributed by atoms with E-state index < -0.39 is 10.0 Å². The molecule has 0 saturated heterocycles. The van der Waals surface area contributed by atoms with Crippen LogP contribution in [0.3, 0.4) is 0 Å². The minimum absolute atomic E-state index is 0.00943. The lowest BCUT2D eigenvalue weighted by atomic mass is 10.2. The van der Waals surface area contributed by atoms with Gasteiger partial charge in [0, 0.05) is 44.4 Å². The highest BCUT2D eigenvalue weighted by Crippen LogP contribution is 2.31. The van der Waals surface area contributed by atoms with Gasteiger partial charge in [-0.2, -0.15) is 0 Å². The average molecular weight is 405 g/mol. The van der Waals surface area contributed by atoms with Gasteiger partial charge in [-0.05, 0) is 30.2 Å². The van der Waals surface area contributed by atoms with Crippen molar-refractivity contribution in [2.24, 2.45) is 0 Å². The molecule has 0 bridgehead atoms. The Morgan fingerprint density at radius 1 is 1.11 bits per heavy atom. The third-order valence-electron chi connectivity index (χ3n) is 4.13. The minimum Gasteiger partial charge on any atom is -0.490 e. The SMILES string of the molecule is O=C(CCNS(=O)(=O)c1ccc2c(c1)OCCCO2)NCCc1cccnc1. The zero-order chi connectivity index (χ0) is 19.8. The number of carbonyl (C=O) groups is 1. The summed E-state index contributed by atoms with van der Waals surface area (Å²) in [6.07, 6.45) is 4.90. The van der Waals surface area contributed by atoms with Gasteiger partial charge >= 0.3 is 0 Å². The van der Waals surface area contributed by atoms with Crippen molar-refractivity contribution in [3.63, 3.8) is 0 Å². The van der Waals surface area contributed by atoms with Crippen LogP contribution in [-0.4, -0.2) is 45.6 Å². The predicted molar refractivity (Wildman–Crippen MR) is 103 cm³/mol. The number of ether oxygens (including phenoxy) is 2. The lowest BCUT2D eigenvalue weighted by Gasteiger charge is -2.11. The summed E-state index contributed by atoms with van der Waals surface area (Å²) in [5.41, 5.74) is 1.03. The van der Waals surface area contributed by atoms with Crippen molar-refractivity contribution in [2.75, 3.05) is 26.3 Å². The van der Waals surface area contributed by atoms with Crippen LogP contribution in [0.2, 0.25) is 0 Å². The monoisotopic (exact) mass is 405 g/mol. The summed E-state index contributed by atoms with van der Waals surface area (Å²) in [5.74, 6) is 0.725. The molecule has 2 N–H and O–H groups in total. The molecule has 0 unspecified atom stereocenters. The summed E-state index contributed by atoms with van der Waals surface area (Å²) in [5, 5.41) is 2.77. The lowest BCUT2D eigenvalue weighted by molar-refractivity contribution is -0.120. The third kappa shape index (κ3) is 5.67. The van der Waals surface area contributed by atoms with Crippen LogP contribution in [0.4, 0.5) is 0 Å². The van der Waals surface area contributed by atoms with Crippen molar-refractivity contribution < 1.29 is 22.7 Å². The zero-order valence-electron chi connectivity index (χ0n) is 15.4. The van der Waals surface area contributed by atoms with Gasteiger partial charge in [-0.15, -0.1) is 0 Å². The van der Waals surface area contributed by atoms with Crippen LogP contribution in [0.15, 0.2) is 47.6 Å². The number of aromatic nitrogens is 1. The van der Waals surface area contributed by atoms with Gasteiger partial charge in [0.25, 0.3) is 0 Å². The maximum atomic E-state index is 12.4. The summed E-state index contributed by atoms with van der Waals surface area (Å²) >= 11 is 0. The van der Waals surface area contributed by atoms with Crippen LogP contribution in [0.1, 0.15) is 18.4 Å². The highest BCUT2D eigenvalue weighted by atomic mass is 32.2. The number of amides is 1. The van der Waals surface area contributed by atoms with Gasteiger partial charge in [0.15, 0.2) is 11.5 Å². The van der Waals surface area contributed by atoms with Crippen molar-refractivity contribution in [2.45, 2.75) is 24.2 Å². The molecule has 0 atom stereocenters. The second-order valence-corrected chi connectivity index (χ2v) is 8.03. The second kappa shape index (κ2) is 9.52. The van der Waals surface area contributed by atoms with Crippen LogP contribution in [0.25, 0.3) is 0 Å². The number of carbonyl (C=O) groups excluding carboxylic acids is 1. The van der Waals surface area contributed by atoms with Crippen LogP contribution < -0.4 is 19.5 Å². The molecule has 0 spiro atoms. The van der Waals surface area contributed by atoms with Gasteiger partial charge in [-0.1, -0.05) is 6.07 Å². The molecule has 1 aliphatic rings. The summed E-state index contributed by atoms with van der Waals surface area (Å²) in [7, 11) is -3.74. The Balaban J connectivity index is 1.45. The molecule has 0 saturated carbocycles. The quantitative estimate of drug-likeness (QED) is 0.685. The second-order valence-electron chi connectivity index (χ2n) is 6.27. The van der Waals surface area contributed by atoms with Crippen molar-refractivity contribution in [1.29, 1.82) is 0 Å². The zero-order valence-corrected chi connectivity index (χ0v) is 16.2. The standard InChI is InChI=1S/C19H23N3O5S/c23-19(21-9-6-15-3-1-8-20-14-15)7-10-22-28(24,25)16-4-5-17-18(13-16)27-12-2-11-26-17/h1,3-5,8,13-14,22H,2,6-7,9-12H2,(H,21,23). The molecule has 8 nitrogen and oxygen atoms in total. The van der Waals surface area contributed by atoms with Crippen LogP contribution >= 0.6 is 0 Å². The summed E-state index contributed by atoms with van der Waals surface area (Å²) in [6.45, 7) is 1.49. The summed E-state index contributed by atoms with van der Waals surface area (Å²) < 4.78 is 38.3. The van der Waals surface area contributed by atoms with Crippen molar-refractivity contribution >= 4 is 15.9 Å². The first-order chi connectivity index (χ1) is 13.5. The largest absolute Gasteiger partial charge is 0.490 e. The number of pyridine rings is 1. The number of sulfonamides is 1. The van der Waals surface area contributed by atoms with E-state index in [1.54, 1.807) is 18.5 Å². The lowest BCUT2D eigenvalue weighted by Crippen LogP contribution is -2.31. The van der Waals surface area contributed by atoms with Gasteiger partial charge in [0.1, 0.15) is 0 Å². The molecular weight excluding hydrogens is 382 g/mol. The Bertz CT molecular complexity index is 903. The van der Waals surface area contributed by atoms with Crippen LogP contribution in [0.5, 0.6) is 11.5 Å². The molecule has 1 amide bonds. The van der Waals surface area contributed by atoms with E-state index in [0.717, 1.165) is 12.0 Å². The first-order valence-corrected chi connectivity index (χ1v) is 10.6. The molecule has 28 heavy (non-hydrogen) atoms. The molecule has 1 aliphatic heterocycles. The molecule has 9 heteroatoms. The van der Waals surface area contributed by atoms with Gasteiger partial charge < -0.3 is 14.8 Å². The Kier molecular flexibility index (Phi) is 6.83. The Morgan fingerprint density at radius 3 is 2.71 bits per heavy atom. The molecule has 2 heterocycles. The number of fused-ring (bicyclic) bond motifs is 1. The average Bonchev–Trinajstić information content (AvgIpc) is 2.93. The Hall–Kier alpha value is -2.65. The fraction of sp³-hybridized carbons (Fsp3) is 0.368. The number of benzene rings is 1. The molecule has 0 aliphatic carbocycles. The van der Waals surface area contributed by atoms with E-state index >= 15 is 0 Å². The van der Waals surface area contributed by atoms with Crippen LogP contribution in [-0.2, 0) is 21.2 Å². The molecule has 150 valence electrons. The maximum absolute atomic E-state index is 12.4. The highest BCUT2D eigenvalue weighted by Gasteiger charge is 2.18. The van der Waals surface area contributed by atoms with E-state index in [-0.39, 0.29) is 23.8 Å². The molecule has 1 aromatic carbocycles. The molecule has 2 aromatic rings. The van der Waals surface area contributed by atoms with Crippen molar-refractivity contribution in [3.8, 4) is 11.5 Å². The minimum atomic E-state index is -3.74. The molecule has 3 rings (SSSR count). The van der Waals surface area contributed by atoms with Gasteiger partial charge in [-0.25, -0.2) is 13.1 Å². The van der Waals surface area contributed by atoms with E-state index in [2.05, 4.69) is 15.0 Å². The van der Waals surface area contributed by atoms with Crippen LogP contribution in [0, 0.1) is 0 Å². The fourth-order valence-electron chi connectivity index (χ4n) is 2.67. The number of hydrogen-bond donors (Lipinski definition) is 2. The first kappa shape index (κ1) is 20.1. The Labute approximate surface area is 164 Å². The number of hydrogen-bond acceptors (Lipinski definition) is 6. The number of nitrogens with zero attached hydrogens (tertiary/aromatic N) is 1. The predicted octanol–water partition coefficient (Wildman–Crippen LogP) is 1.27. The third-order valence-corrected chi connectivity index (χ3v) is 5.59. The molecular formula is C19H23N3O5S. The van der Waals surface area contributed by atoms with E-state index in [1.165, 1.54) is 12.1 Å². The van der Waals surface area contributed by atoms with Gasteiger partial charge in [-0.3, -0.25) is 9.78 Å². The van der Waals surface area contributed by atoms with Crippen molar-refractivity contribution in [3.05, 3.63) is 48.3 Å². The topological polar surface area (TPSA) is 107 Å². The molecule has 1 aromatic heterocycles. The summed E-state index contributed by atoms with van der Waals surface area (Å²) in [6, 6.07) is 8.26. The van der Waals surface area contributed by atoms with Gasteiger partial charge in [0.2, 0.25) is 15.9 Å². The van der Waals surface area contributed by atoms with Crippen molar-refractivity contribution in [1.82, 2.24) is 15.0 Å². The van der Waals surface area contributed by atoms with E-state index in [4.69, 9.17) is 9.47 Å². The molecule has 0 radical (unpaired) electrons. The van der Waals surface area contributed by atoms with E-state index in [0.29, 0.717) is 37.7 Å². The highest BCUT2D eigenvalue weighted by molar-refractivity contribution is 7.89.